The molecule has 1 aliphatic carbocycles. The molecule has 0 nitrogen and oxygen atoms in total. The first-order valence-electron chi connectivity index (χ1n) is 3.78. The molecular weight excluding hydrogens is 108 g/mol. The minimum Gasteiger partial charge on any atom is -0.0805 e. The van der Waals surface area contributed by atoms with Gasteiger partial charge in [0.2, 0.25) is 0 Å². The summed E-state index contributed by atoms with van der Waals surface area (Å²) >= 11 is 0. The van der Waals surface area contributed by atoms with E-state index < -0.39 is 0 Å². The zero-order chi connectivity index (χ0) is 7.11. The Bertz CT molecular complexity index is 107. The molecule has 52 valence electrons. The quantitative estimate of drug-likeness (QED) is 0.503. The average Bonchev–Trinajstić information content (AvgIpc) is 2.43. The molecule has 0 saturated carbocycles. The van der Waals surface area contributed by atoms with Crippen LogP contribution >= 0.6 is 0 Å². The Morgan fingerprint density at radius 1 is 1.44 bits per heavy atom. The fraction of sp³-hybridized carbons (Fsp3) is 0.556. The first kappa shape index (κ1) is 8.48. The number of hydrogen-bond donors (Lipinski definition) is 0. The monoisotopic (exact) mass is 124 g/mol. The highest BCUT2D eigenvalue weighted by molar-refractivity contribution is 5.22. The van der Waals surface area contributed by atoms with Crippen molar-refractivity contribution in [2.24, 2.45) is 0 Å². The first-order chi connectivity index (χ1) is 4.43. The molecule has 0 spiro atoms. The molecule has 0 aromatic rings. The molecule has 0 heteroatoms. The summed E-state index contributed by atoms with van der Waals surface area (Å²) in [6.45, 7) is 6.19. The fourth-order valence-electron chi connectivity index (χ4n) is 0.754. The van der Waals surface area contributed by atoms with E-state index in [1.54, 1.807) is 5.57 Å². The van der Waals surface area contributed by atoms with Crippen molar-refractivity contribution in [1.82, 2.24) is 0 Å². The Labute approximate surface area is 58.3 Å². The number of rotatable bonds is 1. The first-order valence-corrected chi connectivity index (χ1v) is 3.78. The molecule has 0 saturated heterocycles. The van der Waals surface area contributed by atoms with Crippen molar-refractivity contribution in [3.05, 3.63) is 23.8 Å². The van der Waals surface area contributed by atoms with Gasteiger partial charge in [-0.2, -0.15) is 0 Å². The second-order valence-electron chi connectivity index (χ2n) is 1.81. The topological polar surface area (TPSA) is 0 Å². The maximum atomic E-state index is 2.19. The summed E-state index contributed by atoms with van der Waals surface area (Å²) in [6, 6.07) is 0. The smallest absolute Gasteiger partial charge is 0.0133 e. The molecule has 0 fully saturated rings. The van der Waals surface area contributed by atoms with Gasteiger partial charge in [0.25, 0.3) is 0 Å². The van der Waals surface area contributed by atoms with E-state index in [-0.39, 0.29) is 0 Å². The summed E-state index contributed by atoms with van der Waals surface area (Å²) in [7, 11) is 0. The highest BCUT2D eigenvalue weighted by Crippen LogP contribution is 2.12. The molecule has 0 radical (unpaired) electrons. The summed E-state index contributed by atoms with van der Waals surface area (Å²) < 4.78 is 0. The summed E-state index contributed by atoms with van der Waals surface area (Å²) in [4.78, 5) is 0. The van der Waals surface area contributed by atoms with Gasteiger partial charge in [-0.25, -0.2) is 0 Å². The second-order valence-corrected chi connectivity index (χ2v) is 1.81. The Hall–Kier alpha value is -0.520. The van der Waals surface area contributed by atoms with Gasteiger partial charge in [-0.1, -0.05) is 44.6 Å². The molecule has 0 atom stereocenters. The van der Waals surface area contributed by atoms with Gasteiger partial charge in [0.05, 0.1) is 0 Å². The van der Waals surface area contributed by atoms with Crippen LogP contribution in [0, 0.1) is 0 Å². The summed E-state index contributed by atoms with van der Waals surface area (Å²) in [5.74, 6) is 0. The van der Waals surface area contributed by atoms with Crippen LogP contribution in [-0.2, 0) is 0 Å². The van der Waals surface area contributed by atoms with Crippen LogP contribution in [0.2, 0.25) is 0 Å². The Kier molecular flexibility index (Phi) is 5.29. The lowest BCUT2D eigenvalue weighted by Gasteiger charge is -1.88. The normalized spacial score (nSPS) is 14.3. The standard InChI is InChI=1S/C7H10.C2H6/c1-2-7-5-3-4-6-7;1-2/h3-5H,2,6H2,1H3;1-2H3. The third kappa shape index (κ3) is 3.12. The number of allylic oxidation sites excluding steroid dienone is 4. The van der Waals surface area contributed by atoms with Gasteiger partial charge >= 0.3 is 0 Å². The van der Waals surface area contributed by atoms with Crippen LogP contribution in [0.25, 0.3) is 0 Å². The van der Waals surface area contributed by atoms with Gasteiger partial charge in [0.15, 0.2) is 0 Å². The highest BCUT2D eigenvalue weighted by Gasteiger charge is 1.91. The zero-order valence-electron chi connectivity index (χ0n) is 6.65. The second kappa shape index (κ2) is 5.61. The Morgan fingerprint density at radius 2 is 2.11 bits per heavy atom. The van der Waals surface area contributed by atoms with E-state index in [0.29, 0.717) is 0 Å². The van der Waals surface area contributed by atoms with Crippen molar-refractivity contribution in [1.29, 1.82) is 0 Å². The average molecular weight is 124 g/mol. The van der Waals surface area contributed by atoms with Crippen molar-refractivity contribution in [2.75, 3.05) is 0 Å². The predicted molar refractivity (Wildman–Crippen MR) is 43.5 cm³/mol. The van der Waals surface area contributed by atoms with E-state index in [4.69, 9.17) is 0 Å². The highest BCUT2D eigenvalue weighted by atomic mass is 14.0. The fourth-order valence-corrected chi connectivity index (χ4v) is 0.754. The molecule has 0 N–H and O–H groups in total. The van der Waals surface area contributed by atoms with Crippen LogP contribution in [0.1, 0.15) is 33.6 Å². The Balaban J connectivity index is 0.000000291. The predicted octanol–water partition coefficient (Wildman–Crippen LogP) is 3.31. The molecule has 0 bridgehead atoms. The SMILES string of the molecule is CC.CCC1=CC=CC1. The van der Waals surface area contributed by atoms with Crippen molar-refractivity contribution >= 4 is 0 Å². The molecule has 0 aromatic heterocycles. The van der Waals surface area contributed by atoms with Gasteiger partial charge < -0.3 is 0 Å². The Morgan fingerprint density at radius 3 is 2.33 bits per heavy atom. The minimum atomic E-state index is 1.19. The molecule has 0 unspecified atom stereocenters. The third-order valence-electron chi connectivity index (χ3n) is 1.30. The molecular formula is C9H16. The number of hydrogen-bond acceptors (Lipinski definition) is 0. The summed E-state index contributed by atoms with van der Waals surface area (Å²) in [5, 5.41) is 0. The van der Waals surface area contributed by atoms with Gasteiger partial charge in [-0.15, -0.1) is 0 Å². The van der Waals surface area contributed by atoms with Crippen molar-refractivity contribution in [3.8, 4) is 0 Å². The lowest BCUT2D eigenvalue weighted by molar-refractivity contribution is 1.05. The van der Waals surface area contributed by atoms with Crippen molar-refractivity contribution in [3.63, 3.8) is 0 Å². The largest absolute Gasteiger partial charge is 0.0805 e. The minimum absolute atomic E-state index is 1.19. The van der Waals surface area contributed by atoms with Gasteiger partial charge in [-0.05, 0) is 12.8 Å². The van der Waals surface area contributed by atoms with Crippen molar-refractivity contribution in [2.45, 2.75) is 33.6 Å². The lowest BCUT2D eigenvalue weighted by atomic mass is 10.2. The van der Waals surface area contributed by atoms with E-state index >= 15 is 0 Å². The van der Waals surface area contributed by atoms with Gasteiger partial charge in [-0.3, -0.25) is 0 Å². The van der Waals surface area contributed by atoms with Crippen LogP contribution in [-0.4, -0.2) is 0 Å². The molecule has 1 rings (SSSR count). The van der Waals surface area contributed by atoms with Crippen LogP contribution in [0.15, 0.2) is 23.8 Å². The lowest BCUT2D eigenvalue weighted by Crippen LogP contribution is -1.68. The maximum Gasteiger partial charge on any atom is -0.0133 e. The molecule has 1 aliphatic rings. The third-order valence-corrected chi connectivity index (χ3v) is 1.30. The van der Waals surface area contributed by atoms with Crippen LogP contribution in [0.5, 0.6) is 0 Å². The summed E-state index contributed by atoms with van der Waals surface area (Å²) in [6.07, 6.45) is 8.92. The molecule has 0 heterocycles. The van der Waals surface area contributed by atoms with Crippen LogP contribution < -0.4 is 0 Å². The maximum absolute atomic E-state index is 2.19. The molecule has 9 heavy (non-hydrogen) atoms. The van der Waals surface area contributed by atoms with E-state index in [1.807, 2.05) is 13.8 Å². The van der Waals surface area contributed by atoms with Crippen LogP contribution in [0.4, 0.5) is 0 Å². The van der Waals surface area contributed by atoms with Gasteiger partial charge in [0.1, 0.15) is 0 Å². The van der Waals surface area contributed by atoms with Crippen LogP contribution in [0.3, 0.4) is 0 Å². The van der Waals surface area contributed by atoms with E-state index in [9.17, 15) is 0 Å². The zero-order valence-corrected chi connectivity index (χ0v) is 6.65. The van der Waals surface area contributed by atoms with Gasteiger partial charge in [0, 0.05) is 0 Å². The van der Waals surface area contributed by atoms with E-state index in [0.717, 1.165) is 0 Å². The van der Waals surface area contributed by atoms with E-state index in [1.165, 1.54) is 12.8 Å². The van der Waals surface area contributed by atoms with E-state index in [2.05, 4.69) is 25.2 Å². The molecule has 0 amide bonds. The molecule has 0 aromatic carbocycles. The van der Waals surface area contributed by atoms with Crippen molar-refractivity contribution < 1.29 is 0 Å². The molecule has 0 aliphatic heterocycles. The summed E-state index contributed by atoms with van der Waals surface area (Å²) in [5.41, 5.74) is 1.56.